The monoisotopic (exact) mass is 217 g/mol. The molecule has 0 rings (SSSR count). The lowest BCUT2D eigenvalue weighted by Gasteiger charge is -2.22. The topological polar surface area (TPSA) is 58.6 Å². The predicted octanol–water partition coefficient (Wildman–Crippen LogP) is 1.64. The van der Waals surface area contributed by atoms with E-state index in [1.165, 1.54) is 0 Å². The van der Waals surface area contributed by atoms with E-state index in [-0.39, 0.29) is 11.6 Å². The first kappa shape index (κ1) is 14.4. The molecule has 2 N–H and O–H groups in total. The average molecular weight is 217 g/mol. The first-order valence-corrected chi connectivity index (χ1v) is 5.35. The van der Waals surface area contributed by atoms with Gasteiger partial charge in [0.2, 0.25) is 0 Å². The first-order valence-electron chi connectivity index (χ1n) is 5.35. The Hall–Kier alpha value is -0.610. The van der Waals surface area contributed by atoms with Crippen LogP contribution >= 0.6 is 0 Å². The zero-order valence-corrected chi connectivity index (χ0v) is 10.3. The van der Waals surface area contributed by atoms with Gasteiger partial charge in [-0.3, -0.25) is 4.79 Å². The maximum Gasteiger partial charge on any atom is 0.320 e. The maximum absolute atomic E-state index is 10.9. The molecule has 0 aromatic rings. The quantitative estimate of drug-likeness (QED) is 0.710. The van der Waals surface area contributed by atoms with Gasteiger partial charge < -0.3 is 15.2 Å². The second-order valence-electron chi connectivity index (χ2n) is 4.96. The van der Waals surface area contributed by atoms with Crippen molar-refractivity contribution < 1.29 is 14.6 Å². The zero-order valence-electron chi connectivity index (χ0n) is 10.3. The van der Waals surface area contributed by atoms with E-state index in [1.807, 2.05) is 34.6 Å². The molecular formula is C11H23NO3. The molecule has 15 heavy (non-hydrogen) atoms. The lowest BCUT2D eigenvalue weighted by atomic mass is 10.1. The molecule has 0 aliphatic heterocycles. The molecule has 1 unspecified atom stereocenters. The van der Waals surface area contributed by atoms with Gasteiger partial charge in [0.05, 0.1) is 5.60 Å². The van der Waals surface area contributed by atoms with E-state index in [2.05, 4.69) is 5.32 Å². The van der Waals surface area contributed by atoms with Gasteiger partial charge in [-0.1, -0.05) is 13.8 Å². The molecule has 0 amide bonds. The number of carbonyl (C=O) groups is 1. The third-order valence-electron chi connectivity index (χ3n) is 1.77. The lowest BCUT2D eigenvalue weighted by molar-refractivity contribution is -0.140. The summed E-state index contributed by atoms with van der Waals surface area (Å²) in [5, 5.41) is 11.9. The molecular weight excluding hydrogens is 194 g/mol. The van der Waals surface area contributed by atoms with Gasteiger partial charge in [-0.05, 0) is 27.2 Å². The molecule has 0 bridgehead atoms. The van der Waals surface area contributed by atoms with Gasteiger partial charge in [0.1, 0.15) is 6.04 Å². The van der Waals surface area contributed by atoms with E-state index in [1.54, 1.807) is 0 Å². The van der Waals surface area contributed by atoms with Gasteiger partial charge >= 0.3 is 5.97 Å². The highest BCUT2D eigenvalue weighted by molar-refractivity contribution is 5.73. The van der Waals surface area contributed by atoms with E-state index >= 15 is 0 Å². The molecule has 4 heteroatoms. The number of carboxylic acids is 1. The third-order valence-corrected chi connectivity index (χ3v) is 1.77. The normalized spacial score (nSPS) is 14.3. The highest BCUT2D eigenvalue weighted by atomic mass is 16.5. The van der Waals surface area contributed by atoms with Crippen molar-refractivity contribution in [1.29, 1.82) is 0 Å². The van der Waals surface area contributed by atoms with Gasteiger partial charge in [0.15, 0.2) is 0 Å². The van der Waals surface area contributed by atoms with E-state index in [0.717, 1.165) is 0 Å². The fourth-order valence-corrected chi connectivity index (χ4v) is 1.16. The van der Waals surface area contributed by atoms with Crippen molar-refractivity contribution in [2.24, 2.45) is 0 Å². The molecule has 0 aliphatic carbocycles. The molecule has 90 valence electrons. The Balaban J connectivity index is 3.92. The molecule has 0 spiro atoms. The second kappa shape index (κ2) is 6.08. The van der Waals surface area contributed by atoms with Gasteiger partial charge in [0.25, 0.3) is 0 Å². The summed E-state index contributed by atoms with van der Waals surface area (Å²) in [6.07, 6.45) is 0.491. The van der Waals surface area contributed by atoms with Crippen LogP contribution < -0.4 is 5.32 Å². The summed E-state index contributed by atoms with van der Waals surface area (Å²) in [6, 6.07) is -0.354. The second-order valence-corrected chi connectivity index (χ2v) is 4.96. The highest BCUT2D eigenvalue weighted by Gasteiger charge is 2.19. The smallest absolute Gasteiger partial charge is 0.320 e. The minimum atomic E-state index is -0.818. The van der Waals surface area contributed by atoms with Crippen LogP contribution in [0.2, 0.25) is 0 Å². The van der Waals surface area contributed by atoms with Crippen LogP contribution in [0, 0.1) is 0 Å². The summed E-state index contributed by atoms with van der Waals surface area (Å²) in [5.74, 6) is -0.818. The van der Waals surface area contributed by atoms with Gasteiger partial charge in [-0.15, -0.1) is 0 Å². The fourth-order valence-electron chi connectivity index (χ4n) is 1.16. The number of hydrogen-bond acceptors (Lipinski definition) is 3. The summed E-state index contributed by atoms with van der Waals surface area (Å²) in [5.41, 5.74) is -0.207. The Morgan fingerprint density at radius 1 is 1.40 bits per heavy atom. The standard InChI is InChI=1S/C11H23NO3/c1-8(2)12-9(10(13)14)6-7-15-11(3,4)5/h8-9,12H,6-7H2,1-5H3,(H,13,14). The van der Waals surface area contributed by atoms with Crippen LogP contribution in [0.5, 0.6) is 0 Å². The van der Waals surface area contributed by atoms with Crippen molar-refractivity contribution in [3.63, 3.8) is 0 Å². The van der Waals surface area contributed by atoms with Gasteiger partial charge in [-0.25, -0.2) is 0 Å². The summed E-state index contributed by atoms with van der Waals surface area (Å²) in [6.45, 7) is 10.2. The zero-order chi connectivity index (χ0) is 12.1. The maximum atomic E-state index is 10.9. The number of aliphatic carboxylic acids is 1. The molecule has 0 aromatic heterocycles. The van der Waals surface area contributed by atoms with Crippen LogP contribution in [0.4, 0.5) is 0 Å². The van der Waals surface area contributed by atoms with Crippen molar-refractivity contribution in [1.82, 2.24) is 5.32 Å². The number of ether oxygens (including phenoxy) is 1. The van der Waals surface area contributed by atoms with Crippen molar-refractivity contribution in [3.05, 3.63) is 0 Å². The number of nitrogens with one attached hydrogen (secondary N) is 1. The molecule has 0 radical (unpaired) electrons. The van der Waals surface area contributed by atoms with Crippen LogP contribution in [0.1, 0.15) is 41.0 Å². The van der Waals surface area contributed by atoms with Crippen molar-refractivity contribution >= 4 is 5.97 Å². The lowest BCUT2D eigenvalue weighted by Crippen LogP contribution is -2.42. The Labute approximate surface area is 92.0 Å². The molecule has 0 saturated carbocycles. The summed E-state index contributed by atoms with van der Waals surface area (Å²) >= 11 is 0. The highest BCUT2D eigenvalue weighted by Crippen LogP contribution is 2.08. The van der Waals surface area contributed by atoms with Crippen LogP contribution in [-0.2, 0) is 9.53 Å². The molecule has 0 saturated heterocycles. The van der Waals surface area contributed by atoms with Crippen molar-refractivity contribution in [2.45, 2.75) is 58.7 Å². The minimum absolute atomic E-state index is 0.167. The predicted molar refractivity (Wildman–Crippen MR) is 60.0 cm³/mol. The minimum Gasteiger partial charge on any atom is -0.480 e. The van der Waals surface area contributed by atoms with Crippen LogP contribution in [0.25, 0.3) is 0 Å². The third kappa shape index (κ3) is 8.39. The van der Waals surface area contributed by atoms with Crippen molar-refractivity contribution in [3.8, 4) is 0 Å². The molecule has 4 nitrogen and oxygen atoms in total. The fraction of sp³-hybridized carbons (Fsp3) is 0.909. The first-order chi connectivity index (χ1) is 6.72. The number of hydrogen-bond donors (Lipinski definition) is 2. The molecule has 0 heterocycles. The Morgan fingerprint density at radius 2 is 1.93 bits per heavy atom. The van der Waals surface area contributed by atoms with E-state index in [4.69, 9.17) is 9.84 Å². The van der Waals surface area contributed by atoms with Crippen LogP contribution in [-0.4, -0.2) is 35.4 Å². The molecule has 0 fully saturated rings. The van der Waals surface area contributed by atoms with Gasteiger partial charge in [0, 0.05) is 12.6 Å². The van der Waals surface area contributed by atoms with Crippen LogP contribution in [0.15, 0.2) is 0 Å². The van der Waals surface area contributed by atoms with Gasteiger partial charge in [-0.2, -0.15) is 0 Å². The molecule has 0 aliphatic rings. The largest absolute Gasteiger partial charge is 0.480 e. The van der Waals surface area contributed by atoms with Crippen molar-refractivity contribution in [2.75, 3.05) is 6.61 Å². The Kier molecular flexibility index (Phi) is 5.83. The Bertz CT molecular complexity index is 196. The van der Waals surface area contributed by atoms with E-state index < -0.39 is 12.0 Å². The number of rotatable bonds is 6. The summed E-state index contributed by atoms with van der Waals surface area (Å²) in [7, 11) is 0. The summed E-state index contributed by atoms with van der Waals surface area (Å²) < 4.78 is 5.49. The molecule has 1 atom stereocenters. The summed E-state index contributed by atoms with van der Waals surface area (Å²) in [4.78, 5) is 10.9. The van der Waals surface area contributed by atoms with E-state index in [9.17, 15) is 4.79 Å². The Morgan fingerprint density at radius 3 is 2.27 bits per heavy atom. The number of carboxylic acid groups (broad SMARTS) is 1. The SMILES string of the molecule is CC(C)NC(CCOC(C)(C)C)C(=O)O. The average Bonchev–Trinajstić information content (AvgIpc) is 1.99. The van der Waals surface area contributed by atoms with E-state index in [0.29, 0.717) is 13.0 Å². The van der Waals surface area contributed by atoms with Crippen LogP contribution in [0.3, 0.4) is 0 Å². The molecule has 0 aromatic carbocycles.